The Bertz CT molecular complexity index is 529. The zero-order valence-electron chi connectivity index (χ0n) is 11.1. The molecule has 0 N–H and O–H groups in total. The van der Waals surface area contributed by atoms with Crippen LogP contribution in [0.15, 0.2) is 21.5 Å². The lowest BCUT2D eigenvalue weighted by molar-refractivity contribution is 0.610. The second kappa shape index (κ2) is 8.85. The second-order valence-electron chi connectivity index (χ2n) is 4.42. The highest BCUT2D eigenvalue weighted by molar-refractivity contribution is 8.35. The monoisotopic (exact) mass is 294 g/mol. The van der Waals surface area contributed by atoms with Crippen LogP contribution in [0.5, 0.6) is 0 Å². The largest absolute Gasteiger partial charge is 0.205 e. The molecular formula is C14H18N2OS2. The molecule has 0 radical (unpaired) electrons. The molecule has 1 rings (SSSR count). The fourth-order valence-corrected chi connectivity index (χ4v) is 4.64. The van der Waals surface area contributed by atoms with Crippen LogP contribution in [0.4, 0.5) is 0 Å². The van der Waals surface area contributed by atoms with Gasteiger partial charge in [0.2, 0.25) is 0 Å². The van der Waals surface area contributed by atoms with Crippen LogP contribution in [0.2, 0.25) is 0 Å². The highest BCUT2D eigenvalue weighted by Crippen LogP contribution is 2.30. The summed E-state index contributed by atoms with van der Waals surface area (Å²) in [6, 6.07) is 4.15. The molecule has 0 aliphatic carbocycles. The summed E-state index contributed by atoms with van der Waals surface area (Å²) in [6.07, 6.45) is 9.45. The predicted octanol–water partition coefficient (Wildman–Crippen LogP) is 3.68. The molecule has 1 atom stereocenters. The van der Waals surface area contributed by atoms with E-state index in [1.165, 1.54) is 25.7 Å². The molecule has 1 aliphatic rings. The molecule has 102 valence electrons. The van der Waals surface area contributed by atoms with E-state index in [1.54, 1.807) is 6.08 Å². The minimum Gasteiger partial charge on any atom is -0.205 e. The van der Waals surface area contributed by atoms with Crippen LogP contribution in [0.1, 0.15) is 51.9 Å². The zero-order valence-corrected chi connectivity index (χ0v) is 12.8. The Morgan fingerprint density at radius 3 is 2.42 bits per heavy atom. The third-order valence-corrected chi connectivity index (χ3v) is 6.22. The lowest BCUT2D eigenvalue weighted by atomic mass is 10.1. The van der Waals surface area contributed by atoms with Crippen LogP contribution in [-0.4, -0.2) is 4.21 Å². The molecule has 1 unspecified atom stereocenters. The molecule has 0 bridgehead atoms. The van der Waals surface area contributed by atoms with E-state index in [0.717, 1.165) is 24.2 Å². The molecule has 1 heterocycles. The average Bonchev–Trinajstić information content (AvgIpc) is 2.79. The molecule has 0 amide bonds. The first kappa shape index (κ1) is 15.9. The Balaban J connectivity index is 2.56. The summed E-state index contributed by atoms with van der Waals surface area (Å²) >= 11 is 0. The quantitative estimate of drug-likeness (QED) is 0.673. The van der Waals surface area contributed by atoms with Gasteiger partial charge in [-0.15, -0.1) is 0 Å². The summed E-state index contributed by atoms with van der Waals surface area (Å²) in [4.78, 5) is 1.34. The van der Waals surface area contributed by atoms with Crippen molar-refractivity contribution in [2.45, 2.75) is 51.9 Å². The highest BCUT2D eigenvalue weighted by atomic mass is 32.8. The Morgan fingerprint density at radius 1 is 1.16 bits per heavy atom. The molecule has 3 nitrogen and oxygen atoms in total. The van der Waals surface area contributed by atoms with Crippen molar-refractivity contribution >= 4 is 19.7 Å². The first-order valence-corrected chi connectivity index (χ1v) is 9.06. The number of unbranched alkanes of at least 4 members (excludes halogenated alkanes) is 5. The first-order valence-electron chi connectivity index (χ1n) is 6.58. The van der Waals surface area contributed by atoms with E-state index in [1.807, 2.05) is 6.07 Å². The zero-order chi connectivity index (χ0) is 14.1. The topological polar surface area (TPSA) is 64.7 Å². The molecule has 0 spiro atoms. The Kier molecular flexibility index (Phi) is 7.40. The van der Waals surface area contributed by atoms with E-state index >= 15 is 0 Å². The number of allylic oxidation sites excluding steroid dienone is 4. The van der Waals surface area contributed by atoms with Crippen molar-refractivity contribution in [1.82, 2.24) is 0 Å². The Morgan fingerprint density at radius 2 is 1.84 bits per heavy atom. The van der Waals surface area contributed by atoms with Gasteiger partial charge >= 0.3 is 0 Å². The maximum Gasteiger partial charge on any atom is 0.130 e. The van der Waals surface area contributed by atoms with Gasteiger partial charge in [-0.05, 0) is 28.4 Å². The molecule has 5 heteroatoms. The van der Waals surface area contributed by atoms with Crippen LogP contribution in [0.25, 0.3) is 0 Å². The van der Waals surface area contributed by atoms with Gasteiger partial charge in [0.05, 0.1) is 10.5 Å². The second-order valence-corrected chi connectivity index (χ2v) is 7.44. The number of nitriles is 2. The third kappa shape index (κ3) is 4.45. The van der Waals surface area contributed by atoms with E-state index in [2.05, 4.69) is 13.0 Å². The molecule has 0 fully saturated rings. The van der Waals surface area contributed by atoms with Gasteiger partial charge in [0.15, 0.2) is 0 Å². The summed E-state index contributed by atoms with van der Waals surface area (Å²) in [5.41, 5.74) is 0.539. The van der Waals surface area contributed by atoms with Crippen molar-refractivity contribution in [3.8, 4) is 12.1 Å². The maximum atomic E-state index is 11.1. The van der Waals surface area contributed by atoms with Gasteiger partial charge < -0.3 is 0 Å². The summed E-state index contributed by atoms with van der Waals surface area (Å²) in [5.74, 6) is 0. The fraction of sp³-hybridized carbons (Fsp3) is 0.571. The van der Waals surface area contributed by atoms with E-state index in [0.29, 0.717) is 20.7 Å². The van der Waals surface area contributed by atoms with Crippen molar-refractivity contribution < 1.29 is 4.21 Å². The summed E-state index contributed by atoms with van der Waals surface area (Å²) in [6.45, 7) is 2.19. The Labute approximate surface area is 120 Å². The normalized spacial score (nSPS) is 17.8. The molecule has 1 aliphatic heterocycles. The van der Waals surface area contributed by atoms with Gasteiger partial charge in [-0.2, -0.15) is 10.5 Å². The van der Waals surface area contributed by atoms with Gasteiger partial charge in [0, 0.05) is 4.91 Å². The summed E-state index contributed by atoms with van der Waals surface area (Å²) in [5, 5.41) is 18.0. The van der Waals surface area contributed by atoms with Crippen LogP contribution < -0.4 is 0 Å². The van der Waals surface area contributed by atoms with Gasteiger partial charge in [0.1, 0.15) is 22.4 Å². The number of hydrogen-bond acceptors (Lipinski definition) is 3. The number of nitrogens with zero attached hydrogens (tertiary/aromatic N) is 2. The smallest absolute Gasteiger partial charge is 0.130 e. The van der Waals surface area contributed by atoms with E-state index in [-0.39, 0.29) is 0 Å². The van der Waals surface area contributed by atoms with Crippen molar-refractivity contribution in [2.75, 3.05) is 0 Å². The maximum absolute atomic E-state index is 11.1. The first-order chi connectivity index (χ1) is 9.28. The van der Waals surface area contributed by atoms with E-state index < -0.39 is 9.45 Å². The fourth-order valence-electron chi connectivity index (χ4n) is 2.04. The van der Waals surface area contributed by atoms with Gasteiger partial charge in [0.25, 0.3) is 0 Å². The molecular weight excluding hydrogens is 276 g/mol. The molecule has 0 saturated heterocycles. The molecule has 19 heavy (non-hydrogen) atoms. The van der Waals surface area contributed by atoms with Crippen molar-refractivity contribution in [3.63, 3.8) is 0 Å². The van der Waals surface area contributed by atoms with Crippen molar-refractivity contribution in [2.24, 2.45) is 0 Å². The van der Waals surface area contributed by atoms with Crippen LogP contribution in [-0.2, 0) is 19.7 Å². The van der Waals surface area contributed by atoms with E-state index in [9.17, 15) is 4.21 Å². The van der Waals surface area contributed by atoms with E-state index in [4.69, 9.17) is 10.5 Å². The SMILES string of the molecule is CCCCCCCCC1=C(C#N)C=C(C#N)S1=S=O. The molecule has 0 saturated carbocycles. The third-order valence-electron chi connectivity index (χ3n) is 3.06. The Hall–Kier alpha value is -1.17. The van der Waals surface area contributed by atoms with Crippen LogP contribution in [0, 0.1) is 22.7 Å². The average molecular weight is 294 g/mol. The molecule has 0 aromatic rings. The van der Waals surface area contributed by atoms with Gasteiger partial charge in [-0.3, -0.25) is 0 Å². The molecule has 0 aromatic heterocycles. The molecule has 0 aromatic carbocycles. The minimum absolute atomic E-state index is 0.442. The van der Waals surface area contributed by atoms with Gasteiger partial charge in [-0.25, -0.2) is 4.21 Å². The predicted molar refractivity (Wildman–Crippen MR) is 79.8 cm³/mol. The van der Waals surface area contributed by atoms with Crippen LogP contribution >= 0.6 is 0 Å². The minimum atomic E-state index is -0.730. The summed E-state index contributed by atoms with van der Waals surface area (Å²) < 4.78 is 11.1. The number of hydrogen-bond donors (Lipinski definition) is 0. The summed E-state index contributed by atoms with van der Waals surface area (Å²) in [7, 11) is -0.288. The van der Waals surface area contributed by atoms with Gasteiger partial charge in [-0.1, -0.05) is 39.0 Å². The number of rotatable bonds is 7. The standard InChI is InChI=1S/C14H18N2OS2/c1-2-3-4-5-6-7-8-14-12(10-15)9-13(11-16)19(14)18-17/h9H,2-8H2,1H3. The van der Waals surface area contributed by atoms with Crippen LogP contribution in [0.3, 0.4) is 0 Å². The van der Waals surface area contributed by atoms with Crippen molar-refractivity contribution in [1.29, 1.82) is 10.5 Å². The lowest BCUT2D eigenvalue weighted by Gasteiger charge is -2.05. The van der Waals surface area contributed by atoms with Crippen molar-refractivity contribution in [3.05, 3.63) is 21.5 Å². The highest BCUT2D eigenvalue weighted by Gasteiger charge is 2.21. The lowest BCUT2D eigenvalue weighted by Crippen LogP contribution is -1.94.